The molecule has 2 rings (SSSR count). The lowest BCUT2D eigenvalue weighted by Crippen LogP contribution is -2.56. The summed E-state index contributed by atoms with van der Waals surface area (Å²) in [5, 5.41) is 3.98. The number of carbonyl (C=O) groups is 1. The maximum atomic E-state index is 12.6. The van der Waals surface area contributed by atoms with Crippen molar-refractivity contribution in [2.45, 2.75) is 25.9 Å². The first kappa shape index (κ1) is 14.1. The van der Waals surface area contributed by atoms with Crippen LogP contribution in [0.25, 0.3) is 0 Å². The summed E-state index contributed by atoms with van der Waals surface area (Å²) in [7, 11) is 0. The Bertz CT molecular complexity index is 466. The average Bonchev–Trinajstić information content (AvgIpc) is 2.34. The highest BCUT2D eigenvalue weighted by atomic mass is 127. The SMILES string of the molecule is CC1CN(C(=O)c2cc(Cl)ccc2I)C(C)CN1. The second-order valence-corrected chi connectivity index (χ2v) is 6.34. The van der Waals surface area contributed by atoms with Gasteiger partial charge in [0.05, 0.1) is 5.56 Å². The second-order valence-electron chi connectivity index (χ2n) is 4.74. The van der Waals surface area contributed by atoms with Crippen LogP contribution in [-0.4, -0.2) is 36.0 Å². The minimum atomic E-state index is 0.0720. The maximum absolute atomic E-state index is 12.6. The lowest BCUT2D eigenvalue weighted by Gasteiger charge is -2.37. The smallest absolute Gasteiger partial charge is 0.255 e. The molecule has 98 valence electrons. The first-order chi connectivity index (χ1) is 8.49. The summed E-state index contributed by atoms with van der Waals surface area (Å²) in [6.07, 6.45) is 0. The van der Waals surface area contributed by atoms with E-state index in [-0.39, 0.29) is 11.9 Å². The van der Waals surface area contributed by atoms with E-state index in [2.05, 4.69) is 41.8 Å². The van der Waals surface area contributed by atoms with E-state index in [1.165, 1.54) is 0 Å². The first-order valence-corrected chi connectivity index (χ1v) is 7.44. The molecule has 0 aliphatic carbocycles. The third-order valence-corrected chi connectivity index (χ3v) is 4.36. The van der Waals surface area contributed by atoms with Crippen molar-refractivity contribution >= 4 is 40.1 Å². The van der Waals surface area contributed by atoms with E-state index in [0.717, 1.165) is 16.7 Å². The Morgan fingerprint density at radius 3 is 2.94 bits per heavy atom. The molecule has 1 aromatic carbocycles. The molecule has 5 heteroatoms. The lowest BCUT2D eigenvalue weighted by atomic mass is 10.1. The monoisotopic (exact) mass is 378 g/mol. The summed E-state index contributed by atoms with van der Waals surface area (Å²) in [5.74, 6) is 0.0720. The van der Waals surface area contributed by atoms with Crippen molar-refractivity contribution in [3.63, 3.8) is 0 Å². The highest BCUT2D eigenvalue weighted by Gasteiger charge is 2.28. The standard InChI is InChI=1S/C13H16ClIN2O/c1-8-7-17(9(2)6-16-8)13(18)11-5-10(14)3-4-12(11)15/h3-5,8-9,16H,6-7H2,1-2H3. The van der Waals surface area contributed by atoms with E-state index < -0.39 is 0 Å². The number of rotatable bonds is 1. The zero-order chi connectivity index (χ0) is 13.3. The van der Waals surface area contributed by atoms with Crippen LogP contribution in [0.5, 0.6) is 0 Å². The van der Waals surface area contributed by atoms with E-state index in [0.29, 0.717) is 16.6 Å². The van der Waals surface area contributed by atoms with Gasteiger partial charge in [-0.25, -0.2) is 0 Å². The molecule has 0 aromatic heterocycles. The van der Waals surface area contributed by atoms with Crippen molar-refractivity contribution in [3.05, 3.63) is 32.4 Å². The van der Waals surface area contributed by atoms with Gasteiger partial charge in [-0.1, -0.05) is 11.6 Å². The third kappa shape index (κ3) is 2.97. The van der Waals surface area contributed by atoms with Crippen LogP contribution in [0.2, 0.25) is 5.02 Å². The quantitative estimate of drug-likeness (QED) is 0.762. The van der Waals surface area contributed by atoms with Crippen molar-refractivity contribution < 1.29 is 4.79 Å². The fraction of sp³-hybridized carbons (Fsp3) is 0.462. The van der Waals surface area contributed by atoms with Crippen LogP contribution < -0.4 is 5.32 Å². The van der Waals surface area contributed by atoms with Gasteiger partial charge in [0.2, 0.25) is 0 Å². The summed E-state index contributed by atoms with van der Waals surface area (Å²) in [5.41, 5.74) is 0.698. The molecular formula is C13H16ClIN2O. The number of carbonyl (C=O) groups excluding carboxylic acids is 1. The van der Waals surface area contributed by atoms with Crippen molar-refractivity contribution in [3.8, 4) is 0 Å². The molecule has 18 heavy (non-hydrogen) atoms. The summed E-state index contributed by atoms with van der Waals surface area (Å²) >= 11 is 8.16. The number of benzene rings is 1. The van der Waals surface area contributed by atoms with E-state index >= 15 is 0 Å². The second kappa shape index (κ2) is 5.75. The number of piperazine rings is 1. The molecule has 2 unspecified atom stereocenters. The van der Waals surface area contributed by atoms with Gasteiger partial charge in [0.1, 0.15) is 0 Å². The van der Waals surface area contributed by atoms with Crippen LogP contribution in [0.4, 0.5) is 0 Å². The fourth-order valence-electron chi connectivity index (χ4n) is 2.12. The van der Waals surface area contributed by atoms with Gasteiger partial charge >= 0.3 is 0 Å². The molecule has 3 nitrogen and oxygen atoms in total. The molecule has 0 radical (unpaired) electrons. The van der Waals surface area contributed by atoms with Gasteiger partial charge in [0.25, 0.3) is 5.91 Å². The van der Waals surface area contributed by atoms with Gasteiger partial charge in [-0.3, -0.25) is 4.79 Å². The fourth-order valence-corrected chi connectivity index (χ4v) is 2.86. The van der Waals surface area contributed by atoms with Crippen LogP contribution in [0.3, 0.4) is 0 Å². The Morgan fingerprint density at radius 2 is 2.22 bits per heavy atom. The maximum Gasteiger partial charge on any atom is 0.255 e. The van der Waals surface area contributed by atoms with Gasteiger partial charge in [-0.15, -0.1) is 0 Å². The Labute approximate surface area is 126 Å². The van der Waals surface area contributed by atoms with E-state index in [9.17, 15) is 4.79 Å². The lowest BCUT2D eigenvalue weighted by molar-refractivity contribution is 0.0615. The van der Waals surface area contributed by atoms with Gasteiger partial charge in [0.15, 0.2) is 0 Å². The summed E-state index contributed by atoms with van der Waals surface area (Å²) in [6.45, 7) is 5.73. The molecule has 1 aromatic rings. The number of hydrogen-bond donors (Lipinski definition) is 1. The molecular weight excluding hydrogens is 363 g/mol. The average molecular weight is 379 g/mol. The highest BCUT2D eigenvalue weighted by molar-refractivity contribution is 14.1. The molecule has 0 spiro atoms. The Hall–Kier alpha value is -0.330. The largest absolute Gasteiger partial charge is 0.333 e. The predicted molar refractivity (Wildman–Crippen MR) is 82.1 cm³/mol. The number of hydrogen-bond acceptors (Lipinski definition) is 2. The summed E-state index contributed by atoms with van der Waals surface area (Å²) < 4.78 is 0.945. The molecule has 0 bridgehead atoms. The van der Waals surface area contributed by atoms with E-state index in [4.69, 9.17) is 11.6 Å². The van der Waals surface area contributed by atoms with Crippen LogP contribution in [-0.2, 0) is 0 Å². The van der Waals surface area contributed by atoms with Crippen LogP contribution in [0.15, 0.2) is 18.2 Å². The molecule has 1 N–H and O–H groups in total. The van der Waals surface area contributed by atoms with Crippen LogP contribution in [0, 0.1) is 3.57 Å². The van der Waals surface area contributed by atoms with E-state index in [1.807, 2.05) is 17.0 Å². The Balaban J connectivity index is 2.27. The zero-order valence-electron chi connectivity index (χ0n) is 10.4. The Morgan fingerprint density at radius 1 is 1.50 bits per heavy atom. The molecule has 1 amide bonds. The molecule has 1 aliphatic heterocycles. The normalized spacial score (nSPS) is 24.1. The topological polar surface area (TPSA) is 32.3 Å². The molecule has 2 atom stereocenters. The van der Waals surface area contributed by atoms with Crippen molar-refractivity contribution in [1.29, 1.82) is 0 Å². The van der Waals surface area contributed by atoms with Gasteiger partial charge in [0, 0.05) is 33.8 Å². The molecule has 1 heterocycles. The van der Waals surface area contributed by atoms with Crippen molar-refractivity contribution in [2.75, 3.05) is 13.1 Å². The molecule has 1 aliphatic rings. The number of nitrogens with one attached hydrogen (secondary N) is 1. The summed E-state index contributed by atoms with van der Waals surface area (Å²) in [6, 6.07) is 5.99. The molecule has 1 fully saturated rings. The first-order valence-electron chi connectivity index (χ1n) is 5.98. The minimum Gasteiger partial charge on any atom is -0.333 e. The van der Waals surface area contributed by atoms with Crippen LogP contribution in [0.1, 0.15) is 24.2 Å². The molecule has 0 saturated carbocycles. The van der Waals surface area contributed by atoms with Gasteiger partial charge in [-0.2, -0.15) is 0 Å². The van der Waals surface area contributed by atoms with Crippen molar-refractivity contribution in [2.24, 2.45) is 0 Å². The van der Waals surface area contributed by atoms with Gasteiger partial charge in [-0.05, 0) is 54.6 Å². The van der Waals surface area contributed by atoms with Gasteiger partial charge < -0.3 is 10.2 Å². The number of nitrogens with zero attached hydrogens (tertiary/aromatic N) is 1. The van der Waals surface area contributed by atoms with E-state index in [1.54, 1.807) is 6.07 Å². The van der Waals surface area contributed by atoms with Crippen molar-refractivity contribution in [1.82, 2.24) is 10.2 Å². The number of halogens is 2. The summed E-state index contributed by atoms with van der Waals surface area (Å²) in [4.78, 5) is 14.5. The Kier molecular flexibility index (Phi) is 4.50. The minimum absolute atomic E-state index is 0.0720. The predicted octanol–water partition coefficient (Wildman–Crippen LogP) is 2.77. The number of amides is 1. The van der Waals surface area contributed by atoms with Crippen LogP contribution >= 0.6 is 34.2 Å². The molecule has 1 saturated heterocycles. The zero-order valence-corrected chi connectivity index (χ0v) is 13.3. The highest BCUT2D eigenvalue weighted by Crippen LogP contribution is 2.21. The third-order valence-electron chi connectivity index (χ3n) is 3.18.